The van der Waals surface area contributed by atoms with E-state index in [4.69, 9.17) is 9.47 Å². The molecule has 0 N–H and O–H groups in total. The van der Waals surface area contributed by atoms with E-state index in [9.17, 15) is 18.0 Å². The Balaban J connectivity index is 1.55. The van der Waals surface area contributed by atoms with Crippen molar-refractivity contribution in [3.05, 3.63) is 42.5 Å². The molecule has 1 saturated heterocycles. The number of nitrogens with zero attached hydrogens (tertiary/aromatic N) is 2. The molecule has 2 aromatic carbocycles. The van der Waals surface area contributed by atoms with Crippen LogP contribution < -0.4 is 19.3 Å². The van der Waals surface area contributed by atoms with Crippen molar-refractivity contribution in [1.82, 2.24) is 0 Å². The number of benzene rings is 2. The second-order valence-electron chi connectivity index (χ2n) is 8.01. The van der Waals surface area contributed by atoms with E-state index in [0.29, 0.717) is 22.9 Å². The molecule has 164 valence electrons. The number of ether oxygens (including phenoxy) is 2. The third kappa shape index (κ3) is 4.10. The quantitative estimate of drug-likeness (QED) is 0.704. The van der Waals surface area contributed by atoms with Crippen LogP contribution in [-0.2, 0) is 19.4 Å². The summed E-state index contributed by atoms with van der Waals surface area (Å²) in [6.45, 7) is 4.18. The lowest BCUT2D eigenvalue weighted by Crippen LogP contribution is -2.42. The van der Waals surface area contributed by atoms with Gasteiger partial charge >= 0.3 is 0 Å². The van der Waals surface area contributed by atoms with Crippen LogP contribution in [0.2, 0.25) is 0 Å². The molecule has 0 spiro atoms. The van der Waals surface area contributed by atoms with Gasteiger partial charge in [0.05, 0.1) is 10.8 Å². The van der Waals surface area contributed by atoms with Gasteiger partial charge in [-0.25, -0.2) is 8.42 Å². The predicted octanol–water partition coefficient (Wildman–Crippen LogP) is 2.61. The van der Waals surface area contributed by atoms with Gasteiger partial charge in [0.1, 0.15) is 0 Å². The van der Waals surface area contributed by atoms with Crippen molar-refractivity contribution in [1.29, 1.82) is 0 Å². The van der Waals surface area contributed by atoms with Gasteiger partial charge in [-0.3, -0.25) is 9.59 Å². The van der Waals surface area contributed by atoms with Gasteiger partial charge in [-0.1, -0.05) is 0 Å². The van der Waals surface area contributed by atoms with Crippen molar-refractivity contribution in [2.45, 2.75) is 31.2 Å². The number of rotatable bonds is 5. The lowest BCUT2D eigenvalue weighted by molar-refractivity contribution is -0.124. The first kappa shape index (κ1) is 21.2. The minimum atomic E-state index is -3.32. The number of hydrogen-bond donors (Lipinski definition) is 0. The molecule has 0 aromatic heterocycles. The Morgan fingerprint density at radius 1 is 1.10 bits per heavy atom. The summed E-state index contributed by atoms with van der Waals surface area (Å²) in [5.74, 6) is 0.406. The molecule has 2 aliphatic heterocycles. The monoisotopic (exact) mass is 444 g/mol. The van der Waals surface area contributed by atoms with Crippen LogP contribution in [0.15, 0.2) is 47.4 Å². The van der Waals surface area contributed by atoms with Crippen molar-refractivity contribution in [3.63, 3.8) is 0 Å². The predicted molar refractivity (Wildman–Crippen MR) is 115 cm³/mol. The minimum absolute atomic E-state index is 0.109. The fraction of sp³-hybridized carbons (Fsp3) is 0.364. The van der Waals surface area contributed by atoms with Crippen LogP contribution in [0.4, 0.5) is 11.4 Å². The van der Waals surface area contributed by atoms with E-state index < -0.39 is 15.8 Å². The highest BCUT2D eigenvalue weighted by Crippen LogP contribution is 2.37. The van der Waals surface area contributed by atoms with Gasteiger partial charge in [0.25, 0.3) is 0 Å². The summed E-state index contributed by atoms with van der Waals surface area (Å²) in [4.78, 5) is 29.5. The van der Waals surface area contributed by atoms with Gasteiger partial charge in [0.15, 0.2) is 21.3 Å². The molecule has 0 aliphatic carbocycles. The Bertz CT molecular complexity index is 1130. The Kier molecular flexibility index (Phi) is 5.38. The molecular weight excluding hydrogens is 420 g/mol. The van der Waals surface area contributed by atoms with Crippen LogP contribution in [0.1, 0.15) is 20.3 Å². The molecule has 2 heterocycles. The van der Waals surface area contributed by atoms with E-state index in [2.05, 4.69) is 0 Å². The van der Waals surface area contributed by atoms with E-state index in [0.717, 1.165) is 6.26 Å². The number of anilines is 2. The zero-order valence-electron chi connectivity index (χ0n) is 17.6. The van der Waals surface area contributed by atoms with Gasteiger partial charge in [0, 0.05) is 42.7 Å². The van der Waals surface area contributed by atoms with Crippen molar-refractivity contribution < 1.29 is 27.5 Å². The molecule has 9 heteroatoms. The van der Waals surface area contributed by atoms with E-state index in [1.165, 1.54) is 12.1 Å². The molecule has 8 nitrogen and oxygen atoms in total. The SMILES string of the molecule is CC(C)N(C(=O)C1CC(=O)N(c2ccc3c(c2)OCO3)C1)c1ccc(S(C)(=O)=O)cc1. The molecule has 2 aliphatic rings. The maximum atomic E-state index is 13.4. The third-order valence-electron chi connectivity index (χ3n) is 5.44. The number of carbonyl (C=O) groups is 2. The second kappa shape index (κ2) is 7.88. The van der Waals surface area contributed by atoms with Crippen molar-refractivity contribution >= 4 is 33.0 Å². The summed E-state index contributed by atoms with van der Waals surface area (Å²) >= 11 is 0. The Morgan fingerprint density at radius 3 is 2.42 bits per heavy atom. The second-order valence-corrected chi connectivity index (χ2v) is 10.0. The van der Waals surface area contributed by atoms with Gasteiger partial charge < -0.3 is 19.3 Å². The van der Waals surface area contributed by atoms with Crippen LogP contribution >= 0.6 is 0 Å². The van der Waals surface area contributed by atoms with Crippen molar-refractivity contribution in [2.75, 3.05) is 29.4 Å². The minimum Gasteiger partial charge on any atom is -0.454 e. The number of fused-ring (bicyclic) bond motifs is 1. The van der Waals surface area contributed by atoms with Crippen LogP contribution in [0.25, 0.3) is 0 Å². The van der Waals surface area contributed by atoms with Gasteiger partial charge in [-0.15, -0.1) is 0 Å². The largest absolute Gasteiger partial charge is 0.454 e. The Labute approximate surface area is 181 Å². The van der Waals surface area contributed by atoms with Crippen LogP contribution in [-0.4, -0.2) is 45.9 Å². The van der Waals surface area contributed by atoms with Crippen LogP contribution in [0.5, 0.6) is 11.5 Å². The molecular formula is C22H24N2O6S. The molecule has 2 amide bonds. The summed E-state index contributed by atoms with van der Waals surface area (Å²) in [6.07, 6.45) is 1.25. The summed E-state index contributed by atoms with van der Waals surface area (Å²) in [6, 6.07) is 11.4. The molecule has 1 fully saturated rings. The molecule has 0 radical (unpaired) electrons. The summed E-state index contributed by atoms with van der Waals surface area (Å²) < 4.78 is 34.2. The molecule has 2 aromatic rings. The first-order valence-electron chi connectivity index (χ1n) is 9.98. The van der Waals surface area contributed by atoms with Crippen molar-refractivity contribution in [2.24, 2.45) is 5.92 Å². The van der Waals surface area contributed by atoms with E-state index in [-0.39, 0.29) is 42.5 Å². The maximum absolute atomic E-state index is 13.4. The smallest absolute Gasteiger partial charge is 0.232 e. The molecule has 1 unspecified atom stereocenters. The number of hydrogen-bond acceptors (Lipinski definition) is 6. The van der Waals surface area contributed by atoms with Gasteiger partial charge in [0.2, 0.25) is 18.6 Å². The highest BCUT2D eigenvalue weighted by atomic mass is 32.2. The van der Waals surface area contributed by atoms with Crippen LogP contribution in [0, 0.1) is 5.92 Å². The first-order chi connectivity index (χ1) is 14.6. The van der Waals surface area contributed by atoms with Gasteiger partial charge in [-0.2, -0.15) is 0 Å². The maximum Gasteiger partial charge on any atom is 0.232 e. The number of sulfone groups is 1. The molecule has 31 heavy (non-hydrogen) atoms. The average Bonchev–Trinajstić information content (AvgIpc) is 3.33. The molecule has 4 rings (SSSR count). The fourth-order valence-corrected chi connectivity index (χ4v) is 4.54. The molecule has 0 bridgehead atoms. The Morgan fingerprint density at radius 2 is 1.77 bits per heavy atom. The summed E-state index contributed by atoms with van der Waals surface area (Å²) in [5, 5.41) is 0. The standard InChI is InChI=1S/C22H24N2O6S/c1-14(2)24(16-4-7-18(8-5-16)31(3,27)28)22(26)15-10-21(25)23(12-15)17-6-9-19-20(11-17)30-13-29-19/h4-9,11,14-15H,10,12-13H2,1-3H3. The topological polar surface area (TPSA) is 93.2 Å². The highest BCUT2D eigenvalue weighted by Gasteiger charge is 2.38. The lowest BCUT2D eigenvalue weighted by atomic mass is 10.1. The van der Waals surface area contributed by atoms with E-state index in [1.807, 2.05) is 13.8 Å². The zero-order chi connectivity index (χ0) is 22.3. The van der Waals surface area contributed by atoms with E-state index >= 15 is 0 Å². The fourth-order valence-electron chi connectivity index (χ4n) is 3.91. The molecule has 0 saturated carbocycles. The summed E-state index contributed by atoms with van der Waals surface area (Å²) in [7, 11) is -3.32. The van der Waals surface area contributed by atoms with Crippen molar-refractivity contribution in [3.8, 4) is 11.5 Å². The summed E-state index contributed by atoms with van der Waals surface area (Å²) in [5.41, 5.74) is 1.26. The zero-order valence-corrected chi connectivity index (χ0v) is 18.4. The molecule has 1 atom stereocenters. The van der Waals surface area contributed by atoms with Gasteiger partial charge in [-0.05, 0) is 50.2 Å². The number of amides is 2. The third-order valence-corrected chi connectivity index (χ3v) is 6.57. The normalized spacial score (nSPS) is 18.0. The van der Waals surface area contributed by atoms with Crippen LogP contribution in [0.3, 0.4) is 0 Å². The lowest BCUT2D eigenvalue weighted by Gasteiger charge is -2.29. The number of carbonyl (C=O) groups excluding carboxylic acids is 2. The Hall–Kier alpha value is -3.07. The highest BCUT2D eigenvalue weighted by molar-refractivity contribution is 7.90. The van der Waals surface area contributed by atoms with E-state index in [1.54, 1.807) is 40.1 Å². The first-order valence-corrected chi connectivity index (χ1v) is 11.9. The average molecular weight is 445 g/mol.